The zero-order chi connectivity index (χ0) is 37.7. The second kappa shape index (κ2) is 13.5. The van der Waals surface area contributed by atoms with Gasteiger partial charge in [-0.2, -0.15) is 0 Å². The SMILES string of the molecule is c1ccc(-c2nc(-c3ccc(-c4ccc5ccccc5c4)cc3)nc(-c3ccc(-c4ccc5c6ccccc6c6nc(-c7ccccc7)oc6c5c4)cc3)n2)cc1. The van der Waals surface area contributed by atoms with Crippen LogP contribution >= 0.6 is 0 Å². The smallest absolute Gasteiger partial charge is 0.227 e. The van der Waals surface area contributed by atoms with Crippen molar-refractivity contribution in [2.45, 2.75) is 0 Å². The van der Waals surface area contributed by atoms with E-state index >= 15 is 0 Å². The molecule has 0 aliphatic carbocycles. The van der Waals surface area contributed by atoms with E-state index in [1.54, 1.807) is 0 Å². The highest BCUT2D eigenvalue weighted by molar-refractivity contribution is 6.23. The predicted octanol–water partition coefficient (Wildman–Crippen LogP) is 13.5. The van der Waals surface area contributed by atoms with Gasteiger partial charge in [-0.05, 0) is 68.1 Å². The van der Waals surface area contributed by atoms with E-state index in [1.165, 1.54) is 16.3 Å². The largest absolute Gasteiger partial charge is 0.435 e. The molecule has 0 N–H and O–H groups in total. The number of hydrogen-bond donors (Lipinski definition) is 0. The maximum absolute atomic E-state index is 6.55. The molecule has 57 heavy (non-hydrogen) atoms. The second-order valence-electron chi connectivity index (χ2n) is 14.3. The Labute approximate surface area is 328 Å². The molecule has 0 spiro atoms. The molecule has 0 amide bonds. The summed E-state index contributed by atoms with van der Waals surface area (Å²) >= 11 is 0. The summed E-state index contributed by atoms with van der Waals surface area (Å²) in [6.45, 7) is 0. The molecule has 0 saturated carbocycles. The first-order valence-corrected chi connectivity index (χ1v) is 19.0. The molecule has 0 radical (unpaired) electrons. The van der Waals surface area contributed by atoms with Gasteiger partial charge in [0.25, 0.3) is 0 Å². The molecule has 5 heteroatoms. The quantitative estimate of drug-likeness (QED) is 0.160. The summed E-state index contributed by atoms with van der Waals surface area (Å²) < 4.78 is 6.55. The minimum atomic E-state index is 0.616. The average molecular weight is 729 g/mol. The Kier molecular flexibility index (Phi) is 7.74. The van der Waals surface area contributed by atoms with Crippen molar-refractivity contribution in [1.82, 2.24) is 19.9 Å². The van der Waals surface area contributed by atoms with Crippen molar-refractivity contribution in [2.75, 3.05) is 0 Å². The van der Waals surface area contributed by atoms with E-state index in [2.05, 4.69) is 133 Å². The third kappa shape index (κ3) is 5.90. The van der Waals surface area contributed by atoms with Crippen LogP contribution in [-0.2, 0) is 0 Å². The van der Waals surface area contributed by atoms with Crippen LogP contribution in [0.1, 0.15) is 0 Å². The number of hydrogen-bond acceptors (Lipinski definition) is 5. The fourth-order valence-electron chi connectivity index (χ4n) is 7.80. The highest BCUT2D eigenvalue weighted by Gasteiger charge is 2.18. The first-order chi connectivity index (χ1) is 28.2. The van der Waals surface area contributed by atoms with Crippen molar-refractivity contribution in [1.29, 1.82) is 0 Å². The van der Waals surface area contributed by atoms with E-state index in [4.69, 9.17) is 24.4 Å². The van der Waals surface area contributed by atoms with E-state index in [-0.39, 0.29) is 0 Å². The van der Waals surface area contributed by atoms with Gasteiger partial charge in [0.2, 0.25) is 5.89 Å². The maximum atomic E-state index is 6.55. The third-order valence-corrected chi connectivity index (χ3v) is 10.8. The fourth-order valence-corrected chi connectivity index (χ4v) is 7.80. The van der Waals surface area contributed by atoms with Crippen molar-refractivity contribution in [2.24, 2.45) is 0 Å². The first-order valence-electron chi connectivity index (χ1n) is 19.0. The molecule has 0 aliphatic rings. The summed E-state index contributed by atoms with van der Waals surface area (Å²) in [5, 5.41) is 6.84. The summed E-state index contributed by atoms with van der Waals surface area (Å²) in [4.78, 5) is 20.0. The summed E-state index contributed by atoms with van der Waals surface area (Å²) in [5.41, 5.74) is 9.84. The summed E-state index contributed by atoms with van der Waals surface area (Å²) in [7, 11) is 0. The topological polar surface area (TPSA) is 64.7 Å². The molecular weight excluding hydrogens is 697 g/mol. The second-order valence-corrected chi connectivity index (χ2v) is 14.3. The van der Waals surface area contributed by atoms with Crippen LogP contribution in [0.15, 0.2) is 199 Å². The standard InChI is InChI=1S/C52H32N4O/c1-3-12-36(13-4-1)49-54-50(37-24-19-34(20-25-37)41-28-23-33-11-7-8-16-40(33)31-41)56-51(55-49)38-26-21-35(22-27-38)42-29-30-44-43-17-9-10-18-45(43)47-48(46(44)32-42)57-52(53-47)39-14-5-2-6-15-39/h1-32H. The van der Waals surface area contributed by atoms with Crippen LogP contribution in [0.5, 0.6) is 0 Å². The van der Waals surface area contributed by atoms with Crippen molar-refractivity contribution in [3.63, 3.8) is 0 Å². The Morgan fingerprint density at radius 3 is 1.39 bits per heavy atom. The van der Waals surface area contributed by atoms with Gasteiger partial charge >= 0.3 is 0 Å². The fraction of sp³-hybridized carbons (Fsp3) is 0. The minimum Gasteiger partial charge on any atom is -0.435 e. The molecule has 2 heterocycles. The molecule has 11 rings (SSSR count). The minimum absolute atomic E-state index is 0.616. The van der Waals surface area contributed by atoms with Crippen LogP contribution in [0.25, 0.3) is 111 Å². The Morgan fingerprint density at radius 2 is 0.737 bits per heavy atom. The molecule has 0 fully saturated rings. The van der Waals surface area contributed by atoms with Crippen LogP contribution in [0.4, 0.5) is 0 Å². The van der Waals surface area contributed by atoms with Gasteiger partial charge in [-0.15, -0.1) is 0 Å². The van der Waals surface area contributed by atoms with Gasteiger partial charge in [-0.25, -0.2) is 19.9 Å². The number of aromatic nitrogens is 4. The molecule has 0 aliphatic heterocycles. The molecule has 11 aromatic rings. The van der Waals surface area contributed by atoms with Gasteiger partial charge in [0.05, 0.1) is 0 Å². The molecule has 0 saturated heterocycles. The number of oxazole rings is 1. The maximum Gasteiger partial charge on any atom is 0.227 e. The summed E-state index contributed by atoms with van der Waals surface area (Å²) in [5.74, 6) is 2.49. The molecule has 266 valence electrons. The Hall–Kier alpha value is -7.76. The first kappa shape index (κ1) is 32.7. The van der Waals surface area contributed by atoms with E-state index in [0.717, 1.165) is 71.6 Å². The number of benzene rings is 9. The molecule has 0 unspecified atom stereocenters. The Morgan fingerprint density at radius 1 is 0.281 bits per heavy atom. The molecule has 5 nitrogen and oxygen atoms in total. The van der Waals surface area contributed by atoms with Gasteiger partial charge in [0, 0.05) is 33.0 Å². The lowest BCUT2D eigenvalue weighted by atomic mass is 9.96. The Bertz CT molecular complexity index is 3270. The zero-order valence-electron chi connectivity index (χ0n) is 30.7. The van der Waals surface area contributed by atoms with Crippen LogP contribution in [0.3, 0.4) is 0 Å². The van der Waals surface area contributed by atoms with Crippen LogP contribution in [-0.4, -0.2) is 19.9 Å². The lowest BCUT2D eigenvalue weighted by molar-refractivity contribution is 0.623. The predicted molar refractivity (Wildman–Crippen MR) is 233 cm³/mol. The van der Waals surface area contributed by atoms with Gasteiger partial charge in [-0.3, -0.25) is 0 Å². The number of nitrogens with zero attached hydrogens (tertiary/aromatic N) is 4. The zero-order valence-corrected chi connectivity index (χ0v) is 30.7. The molecule has 0 bridgehead atoms. The van der Waals surface area contributed by atoms with Gasteiger partial charge in [0.1, 0.15) is 5.52 Å². The van der Waals surface area contributed by atoms with Gasteiger partial charge < -0.3 is 4.42 Å². The number of fused-ring (bicyclic) bond motifs is 7. The van der Waals surface area contributed by atoms with Crippen molar-refractivity contribution in [3.8, 4) is 67.9 Å². The van der Waals surface area contributed by atoms with Crippen molar-refractivity contribution >= 4 is 43.4 Å². The molecule has 2 aromatic heterocycles. The van der Waals surface area contributed by atoms with Crippen LogP contribution < -0.4 is 0 Å². The third-order valence-electron chi connectivity index (χ3n) is 10.8. The van der Waals surface area contributed by atoms with E-state index in [9.17, 15) is 0 Å². The van der Waals surface area contributed by atoms with Crippen molar-refractivity contribution < 1.29 is 4.42 Å². The summed E-state index contributed by atoms with van der Waals surface area (Å²) in [6, 6.07) is 67.1. The highest BCUT2D eigenvalue weighted by atomic mass is 16.3. The van der Waals surface area contributed by atoms with Crippen LogP contribution in [0.2, 0.25) is 0 Å². The monoisotopic (exact) mass is 728 g/mol. The highest BCUT2D eigenvalue weighted by Crippen LogP contribution is 2.39. The number of rotatable bonds is 6. The normalized spacial score (nSPS) is 11.5. The van der Waals surface area contributed by atoms with E-state index in [1.807, 2.05) is 60.7 Å². The van der Waals surface area contributed by atoms with E-state index < -0.39 is 0 Å². The van der Waals surface area contributed by atoms with E-state index in [0.29, 0.717) is 23.4 Å². The van der Waals surface area contributed by atoms with Gasteiger partial charge in [0.15, 0.2) is 23.1 Å². The van der Waals surface area contributed by atoms with Crippen molar-refractivity contribution in [3.05, 3.63) is 194 Å². The lowest BCUT2D eigenvalue weighted by Crippen LogP contribution is -2.00. The lowest BCUT2D eigenvalue weighted by Gasteiger charge is -2.11. The molecular formula is C52H32N4O. The Balaban J connectivity index is 0.971. The van der Waals surface area contributed by atoms with Gasteiger partial charge in [-0.1, -0.05) is 170 Å². The van der Waals surface area contributed by atoms with Crippen LogP contribution in [0, 0.1) is 0 Å². The molecule has 0 atom stereocenters. The molecule has 9 aromatic carbocycles. The average Bonchev–Trinajstić information content (AvgIpc) is 3.76. The summed E-state index contributed by atoms with van der Waals surface area (Å²) in [6.07, 6.45) is 0.